The number of halogens is 3. The van der Waals surface area contributed by atoms with Gasteiger partial charge in [-0.2, -0.15) is 18.3 Å². The standard InChI is InChI=1S/C14H18F3N3O3/c1-9-11(13(22)23)3-2-5-20(9)12(21)10-7-18-19(8-10)6-4-14(15,16)17/h7-9,11H,2-6H2,1H3,(H,22,23)/t9-,11-/m1/s1. The molecule has 1 amide bonds. The van der Waals surface area contributed by atoms with Gasteiger partial charge in [-0.25, -0.2) is 0 Å². The number of aliphatic carboxylic acids is 1. The number of carbonyl (C=O) groups is 2. The predicted molar refractivity (Wildman–Crippen MR) is 73.8 cm³/mol. The highest BCUT2D eigenvalue weighted by atomic mass is 19.4. The van der Waals surface area contributed by atoms with Gasteiger partial charge in [-0.05, 0) is 19.8 Å². The number of carboxylic acids is 1. The van der Waals surface area contributed by atoms with Gasteiger partial charge in [0.05, 0.1) is 24.1 Å². The van der Waals surface area contributed by atoms with Crippen LogP contribution < -0.4 is 0 Å². The zero-order chi connectivity index (χ0) is 17.2. The fraction of sp³-hybridized carbons (Fsp3) is 0.643. The summed E-state index contributed by atoms with van der Waals surface area (Å²) < 4.78 is 37.7. The molecule has 1 saturated heterocycles. The molecule has 1 aliphatic heterocycles. The molecule has 9 heteroatoms. The number of carboxylic acid groups (broad SMARTS) is 1. The Labute approximate surface area is 130 Å². The van der Waals surface area contributed by atoms with E-state index in [9.17, 15) is 22.8 Å². The van der Waals surface area contributed by atoms with Gasteiger partial charge >= 0.3 is 12.1 Å². The molecular formula is C14H18F3N3O3. The van der Waals surface area contributed by atoms with Crippen LogP contribution in [0.2, 0.25) is 0 Å². The molecule has 0 aliphatic carbocycles. The van der Waals surface area contributed by atoms with E-state index >= 15 is 0 Å². The maximum absolute atomic E-state index is 12.5. The van der Waals surface area contributed by atoms with Gasteiger partial charge in [0.25, 0.3) is 5.91 Å². The fourth-order valence-corrected chi connectivity index (χ4v) is 2.76. The zero-order valence-electron chi connectivity index (χ0n) is 12.6. The van der Waals surface area contributed by atoms with E-state index in [1.54, 1.807) is 6.92 Å². The van der Waals surface area contributed by atoms with Crippen LogP contribution in [-0.4, -0.2) is 50.4 Å². The Balaban J connectivity index is 2.05. The lowest BCUT2D eigenvalue weighted by Crippen LogP contribution is -2.49. The first kappa shape index (κ1) is 17.3. The van der Waals surface area contributed by atoms with Gasteiger partial charge in [0.15, 0.2) is 0 Å². The van der Waals surface area contributed by atoms with Gasteiger partial charge < -0.3 is 10.0 Å². The Morgan fingerprint density at radius 3 is 2.74 bits per heavy atom. The van der Waals surface area contributed by atoms with Gasteiger partial charge in [-0.15, -0.1) is 0 Å². The van der Waals surface area contributed by atoms with Crippen LogP contribution in [0.3, 0.4) is 0 Å². The van der Waals surface area contributed by atoms with Gasteiger partial charge in [-0.3, -0.25) is 14.3 Å². The van der Waals surface area contributed by atoms with E-state index in [4.69, 9.17) is 5.11 Å². The summed E-state index contributed by atoms with van der Waals surface area (Å²) in [6.07, 6.45) is -1.74. The van der Waals surface area contributed by atoms with Crippen molar-refractivity contribution in [1.29, 1.82) is 0 Å². The summed E-state index contributed by atoms with van der Waals surface area (Å²) in [7, 11) is 0. The molecule has 0 saturated carbocycles. The second-order valence-electron chi connectivity index (χ2n) is 5.68. The van der Waals surface area contributed by atoms with E-state index in [1.807, 2.05) is 0 Å². The number of alkyl halides is 3. The van der Waals surface area contributed by atoms with E-state index in [0.717, 1.165) is 4.68 Å². The third-order valence-corrected chi connectivity index (χ3v) is 4.07. The fourth-order valence-electron chi connectivity index (χ4n) is 2.76. The number of amides is 1. The third kappa shape index (κ3) is 4.23. The summed E-state index contributed by atoms with van der Waals surface area (Å²) >= 11 is 0. The maximum atomic E-state index is 12.5. The molecule has 128 valence electrons. The van der Waals surface area contributed by atoms with Gasteiger partial charge in [0, 0.05) is 25.3 Å². The van der Waals surface area contributed by atoms with Crippen LogP contribution in [-0.2, 0) is 11.3 Å². The molecule has 0 bridgehead atoms. The number of piperidine rings is 1. The van der Waals surface area contributed by atoms with Crippen molar-refractivity contribution in [2.24, 2.45) is 5.92 Å². The van der Waals surface area contributed by atoms with Crippen LogP contribution in [0.1, 0.15) is 36.5 Å². The average molecular weight is 333 g/mol. The van der Waals surface area contributed by atoms with Crippen LogP contribution in [0.4, 0.5) is 13.2 Å². The van der Waals surface area contributed by atoms with Crippen molar-refractivity contribution in [2.75, 3.05) is 6.54 Å². The summed E-state index contributed by atoms with van der Waals surface area (Å²) in [6, 6.07) is -0.465. The van der Waals surface area contributed by atoms with Crippen molar-refractivity contribution in [3.63, 3.8) is 0 Å². The Morgan fingerprint density at radius 2 is 2.13 bits per heavy atom. The van der Waals surface area contributed by atoms with Gasteiger partial charge in [0.2, 0.25) is 0 Å². The van der Waals surface area contributed by atoms with Crippen molar-refractivity contribution >= 4 is 11.9 Å². The van der Waals surface area contributed by atoms with E-state index in [0.29, 0.717) is 19.4 Å². The van der Waals surface area contributed by atoms with E-state index in [-0.39, 0.29) is 12.1 Å². The lowest BCUT2D eigenvalue weighted by atomic mass is 9.90. The molecule has 0 spiro atoms. The van der Waals surface area contributed by atoms with Crippen LogP contribution in [0.15, 0.2) is 12.4 Å². The lowest BCUT2D eigenvalue weighted by Gasteiger charge is -2.37. The minimum absolute atomic E-state index is 0.171. The van der Waals surface area contributed by atoms with Gasteiger partial charge in [-0.1, -0.05) is 0 Å². The predicted octanol–water partition coefficient (Wildman–Crippen LogP) is 2.16. The van der Waals surface area contributed by atoms with Crippen LogP contribution in [0, 0.1) is 5.92 Å². The zero-order valence-corrected chi connectivity index (χ0v) is 12.6. The number of hydrogen-bond donors (Lipinski definition) is 1. The second-order valence-corrected chi connectivity index (χ2v) is 5.68. The van der Waals surface area contributed by atoms with Gasteiger partial charge in [0.1, 0.15) is 0 Å². The molecule has 2 atom stereocenters. The summed E-state index contributed by atoms with van der Waals surface area (Å²) in [5.74, 6) is -1.98. The van der Waals surface area contributed by atoms with E-state index in [2.05, 4.69) is 5.10 Å². The Bertz CT molecular complexity index is 585. The molecule has 2 rings (SSSR count). The number of aryl methyl sites for hydroxylation is 1. The number of nitrogens with zero attached hydrogens (tertiary/aromatic N) is 3. The highest BCUT2D eigenvalue weighted by Gasteiger charge is 2.36. The van der Waals surface area contributed by atoms with Crippen molar-refractivity contribution in [3.05, 3.63) is 18.0 Å². The molecule has 1 aromatic rings. The average Bonchev–Trinajstić information content (AvgIpc) is 2.92. The first-order chi connectivity index (χ1) is 10.7. The molecule has 1 aliphatic rings. The summed E-state index contributed by atoms with van der Waals surface area (Å²) in [6.45, 7) is 1.74. The van der Waals surface area contributed by atoms with Crippen molar-refractivity contribution in [2.45, 2.75) is 44.9 Å². The van der Waals surface area contributed by atoms with Crippen LogP contribution in [0.5, 0.6) is 0 Å². The van der Waals surface area contributed by atoms with E-state index in [1.165, 1.54) is 17.3 Å². The normalized spacial score (nSPS) is 22.2. The Kier molecular flexibility index (Phi) is 4.96. The van der Waals surface area contributed by atoms with Crippen LogP contribution >= 0.6 is 0 Å². The summed E-state index contributed by atoms with van der Waals surface area (Å²) in [5.41, 5.74) is 0.171. The lowest BCUT2D eigenvalue weighted by molar-refractivity contribution is -0.145. The highest BCUT2D eigenvalue weighted by Crippen LogP contribution is 2.25. The second kappa shape index (κ2) is 6.59. The maximum Gasteiger partial charge on any atom is 0.390 e. The molecule has 0 radical (unpaired) electrons. The number of carbonyl (C=O) groups excluding carboxylic acids is 1. The first-order valence-corrected chi connectivity index (χ1v) is 7.32. The van der Waals surface area contributed by atoms with Crippen molar-refractivity contribution in [3.8, 4) is 0 Å². The molecule has 0 unspecified atom stereocenters. The largest absolute Gasteiger partial charge is 0.481 e. The minimum Gasteiger partial charge on any atom is -0.481 e. The molecule has 0 aromatic carbocycles. The molecule has 6 nitrogen and oxygen atoms in total. The summed E-state index contributed by atoms with van der Waals surface area (Å²) in [4.78, 5) is 25.1. The molecule has 23 heavy (non-hydrogen) atoms. The SMILES string of the molecule is C[C@@H]1[C@H](C(=O)O)CCCN1C(=O)c1cnn(CCC(F)(F)F)c1. The van der Waals surface area contributed by atoms with E-state index < -0.39 is 36.4 Å². The summed E-state index contributed by atoms with van der Waals surface area (Å²) in [5, 5.41) is 12.9. The molecule has 1 aromatic heterocycles. The molecular weight excluding hydrogens is 315 g/mol. The number of rotatable bonds is 4. The Hall–Kier alpha value is -2.06. The topological polar surface area (TPSA) is 75.4 Å². The molecule has 1 fully saturated rings. The van der Waals surface area contributed by atoms with Crippen molar-refractivity contribution in [1.82, 2.24) is 14.7 Å². The number of likely N-dealkylation sites (tertiary alicyclic amines) is 1. The Morgan fingerprint density at radius 1 is 1.43 bits per heavy atom. The smallest absolute Gasteiger partial charge is 0.390 e. The molecule has 1 N–H and O–H groups in total. The first-order valence-electron chi connectivity index (χ1n) is 7.32. The molecule has 2 heterocycles. The minimum atomic E-state index is -4.29. The quantitative estimate of drug-likeness (QED) is 0.916. The van der Waals surface area contributed by atoms with Crippen LogP contribution in [0.25, 0.3) is 0 Å². The third-order valence-electron chi connectivity index (χ3n) is 4.07. The monoisotopic (exact) mass is 333 g/mol. The highest BCUT2D eigenvalue weighted by molar-refractivity contribution is 5.94. The number of aromatic nitrogens is 2. The number of hydrogen-bond acceptors (Lipinski definition) is 3. The van der Waals surface area contributed by atoms with Crippen molar-refractivity contribution < 1.29 is 27.9 Å².